The first-order chi connectivity index (χ1) is 9.41. The van der Waals surface area contributed by atoms with Crippen LogP contribution in [0.25, 0.3) is 0 Å². The molecular weight excluding hydrogens is 254 g/mol. The number of hydrogen-bond donors (Lipinski definition) is 1. The van der Waals surface area contributed by atoms with Gasteiger partial charge in [-0.15, -0.1) is 0 Å². The molecule has 1 rings (SSSR count). The maximum atomic E-state index is 12.4. The summed E-state index contributed by atoms with van der Waals surface area (Å²) in [4.78, 5) is 24.5. The van der Waals surface area contributed by atoms with Gasteiger partial charge >= 0.3 is 5.97 Å². The van der Waals surface area contributed by atoms with Crippen molar-refractivity contribution in [1.29, 1.82) is 0 Å². The predicted molar refractivity (Wildman–Crippen MR) is 78.4 cm³/mol. The molecule has 1 aromatic rings. The van der Waals surface area contributed by atoms with Crippen molar-refractivity contribution in [3.8, 4) is 0 Å². The topological polar surface area (TPSA) is 57.6 Å². The van der Waals surface area contributed by atoms with Gasteiger partial charge in [0, 0.05) is 19.5 Å². The van der Waals surface area contributed by atoms with Crippen LogP contribution in [0.15, 0.2) is 30.3 Å². The van der Waals surface area contributed by atoms with Crippen LogP contribution in [0.2, 0.25) is 0 Å². The molecule has 1 N–H and O–H groups in total. The highest BCUT2D eigenvalue weighted by atomic mass is 16.4. The fourth-order valence-corrected chi connectivity index (χ4v) is 2.13. The molecule has 0 heterocycles. The SMILES string of the molecule is CC(C)C(Cc1ccccc1)C(=O)N(C)CCC(=O)O. The first kappa shape index (κ1) is 16.2. The van der Waals surface area contributed by atoms with E-state index in [0.717, 1.165) is 5.56 Å². The summed E-state index contributed by atoms with van der Waals surface area (Å²) in [6.45, 7) is 4.30. The Labute approximate surface area is 120 Å². The van der Waals surface area contributed by atoms with E-state index in [9.17, 15) is 9.59 Å². The van der Waals surface area contributed by atoms with Gasteiger partial charge in [0.05, 0.1) is 6.42 Å². The van der Waals surface area contributed by atoms with Gasteiger partial charge in [-0.2, -0.15) is 0 Å². The van der Waals surface area contributed by atoms with Crippen molar-refractivity contribution in [2.75, 3.05) is 13.6 Å². The zero-order valence-corrected chi connectivity index (χ0v) is 12.4. The Balaban J connectivity index is 2.70. The van der Waals surface area contributed by atoms with Crippen LogP contribution in [-0.2, 0) is 16.0 Å². The number of nitrogens with zero attached hydrogens (tertiary/aromatic N) is 1. The Hall–Kier alpha value is -1.84. The average Bonchev–Trinajstić information content (AvgIpc) is 2.42. The summed E-state index contributed by atoms with van der Waals surface area (Å²) >= 11 is 0. The molecule has 0 aliphatic heterocycles. The zero-order chi connectivity index (χ0) is 15.1. The fourth-order valence-electron chi connectivity index (χ4n) is 2.13. The summed E-state index contributed by atoms with van der Waals surface area (Å²) in [6.07, 6.45) is 0.674. The van der Waals surface area contributed by atoms with Gasteiger partial charge in [-0.05, 0) is 17.9 Å². The van der Waals surface area contributed by atoms with Crippen molar-refractivity contribution in [2.45, 2.75) is 26.7 Å². The molecule has 0 fully saturated rings. The molecule has 0 saturated carbocycles. The number of rotatable bonds is 7. The second-order valence-electron chi connectivity index (χ2n) is 5.44. The number of benzene rings is 1. The van der Waals surface area contributed by atoms with Crippen LogP contribution in [0.4, 0.5) is 0 Å². The van der Waals surface area contributed by atoms with E-state index in [4.69, 9.17) is 5.11 Å². The van der Waals surface area contributed by atoms with Crippen molar-refractivity contribution < 1.29 is 14.7 Å². The maximum absolute atomic E-state index is 12.4. The van der Waals surface area contributed by atoms with Crippen LogP contribution >= 0.6 is 0 Å². The monoisotopic (exact) mass is 277 g/mol. The van der Waals surface area contributed by atoms with E-state index in [1.165, 1.54) is 4.90 Å². The molecule has 1 atom stereocenters. The molecule has 1 aromatic carbocycles. The molecule has 4 nitrogen and oxygen atoms in total. The van der Waals surface area contributed by atoms with E-state index in [2.05, 4.69) is 0 Å². The van der Waals surface area contributed by atoms with Crippen molar-refractivity contribution >= 4 is 11.9 Å². The van der Waals surface area contributed by atoms with Gasteiger partial charge in [0.1, 0.15) is 0 Å². The summed E-state index contributed by atoms with van der Waals surface area (Å²) in [7, 11) is 1.67. The highest BCUT2D eigenvalue weighted by Gasteiger charge is 2.25. The van der Waals surface area contributed by atoms with Crippen LogP contribution in [0.3, 0.4) is 0 Å². The highest BCUT2D eigenvalue weighted by molar-refractivity contribution is 5.79. The lowest BCUT2D eigenvalue weighted by molar-refractivity contribution is -0.139. The second-order valence-corrected chi connectivity index (χ2v) is 5.44. The number of aliphatic carboxylic acids is 1. The molecule has 0 aromatic heterocycles. The first-order valence-electron chi connectivity index (χ1n) is 6.92. The predicted octanol–water partition coefficient (Wildman–Crippen LogP) is 2.43. The molecule has 1 unspecified atom stereocenters. The van der Waals surface area contributed by atoms with Gasteiger partial charge in [0.15, 0.2) is 0 Å². The van der Waals surface area contributed by atoms with Crippen LogP contribution in [0, 0.1) is 11.8 Å². The van der Waals surface area contributed by atoms with E-state index in [0.29, 0.717) is 6.42 Å². The lowest BCUT2D eigenvalue weighted by atomic mass is 9.88. The molecule has 20 heavy (non-hydrogen) atoms. The first-order valence-corrected chi connectivity index (χ1v) is 6.92. The summed E-state index contributed by atoms with van der Waals surface area (Å²) in [5.74, 6) is -0.759. The highest BCUT2D eigenvalue weighted by Crippen LogP contribution is 2.19. The Morgan fingerprint density at radius 1 is 1.20 bits per heavy atom. The van der Waals surface area contributed by atoms with Crippen LogP contribution in [-0.4, -0.2) is 35.5 Å². The van der Waals surface area contributed by atoms with E-state index in [1.54, 1.807) is 7.05 Å². The molecule has 0 spiro atoms. The Bertz CT molecular complexity index is 442. The zero-order valence-electron chi connectivity index (χ0n) is 12.4. The van der Waals surface area contributed by atoms with Crippen molar-refractivity contribution in [1.82, 2.24) is 4.90 Å². The third-order valence-electron chi connectivity index (χ3n) is 3.46. The summed E-state index contributed by atoms with van der Waals surface area (Å²) < 4.78 is 0. The van der Waals surface area contributed by atoms with Crippen LogP contribution in [0.1, 0.15) is 25.8 Å². The standard InChI is InChI=1S/C16H23NO3/c1-12(2)14(11-13-7-5-4-6-8-13)16(20)17(3)10-9-15(18)19/h4-8,12,14H,9-11H2,1-3H3,(H,18,19). The van der Waals surface area contributed by atoms with Gasteiger partial charge < -0.3 is 10.0 Å². The number of hydrogen-bond acceptors (Lipinski definition) is 2. The van der Waals surface area contributed by atoms with E-state index < -0.39 is 5.97 Å². The molecule has 0 bridgehead atoms. The minimum atomic E-state index is -0.881. The molecule has 0 aliphatic rings. The number of carboxylic acids is 1. The van der Waals surface area contributed by atoms with Gasteiger partial charge in [-0.25, -0.2) is 0 Å². The minimum Gasteiger partial charge on any atom is -0.481 e. The van der Waals surface area contributed by atoms with E-state index >= 15 is 0 Å². The van der Waals surface area contributed by atoms with Crippen molar-refractivity contribution in [3.05, 3.63) is 35.9 Å². The maximum Gasteiger partial charge on any atom is 0.305 e. The minimum absolute atomic E-state index is 0.0155. The summed E-state index contributed by atoms with van der Waals surface area (Å²) in [6, 6.07) is 9.91. The van der Waals surface area contributed by atoms with Gasteiger partial charge in [-0.1, -0.05) is 44.2 Å². The summed E-state index contributed by atoms with van der Waals surface area (Å²) in [5, 5.41) is 8.69. The second kappa shape index (κ2) is 7.68. The molecule has 0 aliphatic carbocycles. The Kier molecular flexibility index (Phi) is 6.22. The summed E-state index contributed by atoms with van der Waals surface area (Å²) in [5.41, 5.74) is 1.13. The van der Waals surface area contributed by atoms with E-state index in [-0.39, 0.29) is 30.7 Å². The third-order valence-corrected chi connectivity index (χ3v) is 3.46. The van der Waals surface area contributed by atoms with Crippen molar-refractivity contribution in [3.63, 3.8) is 0 Å². The smallest absolute Gasteiger partial charge is 0.305 e. The molecule has 0 saturated heterocycles. The number of carboxylic acid groups (broad SMARTS) is 1. The fraction of sp³-hybridized carbons (Fsp3) is 0.500. The van der Waals surface area contributed by atoms with Gasteiger partial charge in [0.25, 0.3) is 0 Å². The molecule has 0 radical (unpaired) electrons. The number of carbonyl (C=O) groups excluding carboxylic acids is 1. The lowest BCUT2D eigenvalue weighted by Crippen LogP contribution is -2.37. The molecule has 110 valence electrons. The Morgan fingerprint density at radius 2 is 1.80 bits per heavy atom. The normalized spacial score (nSPS) is 12.2. The van der Waals surface area contributed by atoms with Gasteiger partial charge in [-0.3, -0.25) is 9.59 Å². The van der Waals surface area contributed by atoms with Crippen LogP contribution in [0.5, 0.6) is 0 Å². The van der Waals surface area contributed by atoms with Crippen LogP contribution < -0.4 is 0 Å². The van der Waals surface area contributed by atoms with E-state index in [1.807, 2.05) is 44.2 Å². The molecule has 1 amide bonds. The number of amides is 1. The van der Waals surface area contributed by atoms with Crippen molar-refractivity contribution in [2.24, 2.45) is 11.8 Å². The Morgan fingerprint density at radius 3 is 2.30 bits per heavy atom. The molecular formula is C16H23NO3. The quantitative estimate of drug-likeness (QED) is 0.832. The van der Waals surface area contributed by atoms with Gasteiger partial charge in [0.2, 0.25) is 5.91 Å². The average molecular weight is 277 g/mol. The largest absolute Gasteiger partial charge is 0.481 e. The number of carbonyl (C=O) groups is 2. The molecule has 4 heteroatoms. The lowest BCUT2D eigenvalue weighted by Gasteiger charge is -2.26. The third kappa shape index (κ3) is 5.03.